The average Bonchev–Trinajstić information content (AvgIpc) is 2.65. The highest BCUT2D eigenvalue weighted by atomic mass is 35.5. The molecule has 0 spiro atoms. The van der Waals surface area contributed by atoms with Crippen molar-refractivity contribution in [2.24, 2.45) is 12.2 Å². The maximum Gasteiger partial charge on any atom is 0.142 e. The molecule has 0 aliphatic carbocycles. The van der Waals surface area contributed by atoms with Crippen molar-refractivity contribution >= 4 is 17.4 Å². The smallest absolute Gasteiger partial charge is 0.142 e. The zero-order chi connectivity index (χ0) is 11.5. The first-order valence-electron chi connectivity index (χ1n) is 4.41. The normalized spacial score (nSPS) is 9.88. The van der Waals surface area contributed by atoms with E-state index in [1.165, 1.54) is 6.33 Å². The van der Waals surface area contributed by atoms with Crippen molar-refractivity contribution in [2.45, 2.75) is 0 Å². The zero-order valence-corrected chi connectivity index (χ0v) is 9.13. The van der Waals surface area contributed by atoms with Gasteiger partial charge >= 0.3 is 0 Å². The number of aromatic nitrogens is 3. The fourth-order valence-electron chi connectivity index (χ4n) is 1.41. The summed E-state index contributed by atoms with van der Waals surface area (Å²) in [6.45, 7) is 0. The lowest BCUT2D eigenvalue weighted by Crippen LogP contribution is -1.93. The van der Waals surface area contributed by atoms with Crippen molar-refractivity contribution < 1.29 is 0 Å². The Morgan fingerprint density at radius 3 is 2.94 bits per heavy atom. The molecule has 0 saturated carbocycles. The molecule has 0 bridgehead atoms. The number of hydrogen-bond donors (Lipinski definition) is 0. The first-order chi connectivity index (χ1) is 7.74. The lowest BCUT2D eigenvalue weighted by molar-refractivity contribution is 0.933. The first kappa shape index (κ1) is 10.5. The molecule has 7 heteroatoms. The highest BCUT2D eigenvalue weighted by Gasteiger charge is 2.13. The topological polar surface area (TPSA) is 79.5 Å². The van der Waals surface area contributed by atoms with Gasteiger partial charge in [0.25, 0.3) is 0 Å². The van der Waals surface area contributed by atoms with Crippen molar-refractivity contribution in [3.8, 4) is 11.3 Å². The Morgan fingerprint density at radius 1 is 1.50 bits per heavy atom. The Kier molecular flexibility index (Phi) is 2.76. The molecule has 0 amide bonds. The van der Waals surface area contributed by atoms with Gasteiger partial charge in [-0.25, -0.2) is 9.97 Å². The van der Waals surface area contributed by atoms with Crippen LogP contribution in [0.2, 0.25) is 5.15 Å². The fourth-order valence-corrected chi connectivity index (χ4v) is 1.64. The summed E-state index contributed by atoms with van der Waals surface area (Å²) in [5, 5.41) is 3.76. The van der Waals surface area contributed by atoms with Crippen molar-refractivity contribution in [1.29, 1.82) is 0 Å². The average molecular weight is 235 g/mol. The van der Waals surface area contributed by atoms with Crippen LogP contribution in [-0.2, 0) is 7.05 Å². The molecule has 16 heavy (non-hydrogen) atoms. The molecule has 0 saturated heterocycles. The van der Waals surface area contributed by atoms with Gasteiger partial charge in [-0.15, -0.1) is 0 Å². The van der Waals surface area contributed by atoms with Crippen LogP contribution in [0.15, 0.2) is 29.8 Å². The van der Waals surface area contributed by atoms with Gasteiger partial charge in [0.05, 0.1) is 11.3 Å². The molecule has 0 aromatic carbocycles. The maximum absolute atomic E-state index is 8.45. The molecule has 0 aliphatic rings. The molecule has 0 atom stereocenters. The Balaban J connectivity index is 2.72. The van der Waals surface area contributed by atoms with E-state index in [4.69, 9.17) is 17.1 Å². The molecule has 0 N–H and O–H groups in total. The third-order valence-corrected chi connectivity index (χ3v) is 2.41. The molecule has 0 unspecified atom stereocenters. The van der Waals surface area contributed by atoms with E-state index >= 15 is 0 Å². The van der Waals surface area contributed by atoms with E-state index in [1.807, 2.05) is 29.9 Å². The van der Waals surface area contributed by atoms with Crippen LogP contribution >= 0.6 is 11.6 Å². The summed E-state index contributed by atoms with van der Waals surface area (Å²) < 4.78 is 1.85. The minimum absolute atomic E-state index is 0.226. The van der Waals surface area contributed by atoms with Gasteiger partial charge in [0.15, 0.2) is 0 Å². The summed E-state index contributed by atoms with van der Waals surface area (Å²) in [6, 6.07) is 3.71. The minimum atomic E-state index is 0.226. The second-order valence-electron chi connectivity index (χ2n) is 3.06. The highest BCUT2D eigenvalue weighted by Crippen LogP contribution is 2.33. The number of nitrogens with zero attached hydrogens (tertiary/aromatic N) is 6. The summed E-state index contributed by atoms with van der Waals surface area (Å²) in [7, 11) is 1.86. The molecule has 0 fully saturated rings. The van der Waals surface area contributed by atoms with Gasteiger partial charge < -0.3 is 4.57 Å². The number of hydrogen-bond acceptors (Lipinski definition) is 3. The second-order valence-corrected chi connectivity index (χ2v) is 3.41. The van der Waals surface area contributed by atoms with Crippen molar-refractivity contribution in [3.63, 3.8) is 0 Å². The monoisotopic (exact) mass is 234 g/mol. The quantitative estimate of drug-likeness (QED) is 0.346. The molecule has 6 nitrogen and oxygen atoms in total. The number of azide groups is 1. The fraction of sp³-hybridized carbons (Fsp3) is 0.111. The van der Waals surface area contributed by atoms with Crippen molar-refractivity contribution in [1.82, 2.24) is 14.5 Å². The first-order valence-corrected chi connectivity index (χ1v) is 4.79. The van der Waals surface area contributed by atoms with Gasteiger partial charge in [-0.1, -0.05) is 11.6 Å². The minimum Gasteiger partial charge on any atom is -0.350 e. The lowest BCUT2D eigenvalue weighted by Gasteiger charge is -2.06. The number of rotatable bonds is 2. The molecule has 2 rings (SSSR count). The molecule has 0 aliphatic heterocycles. The standard InChI is InChI=1S/C9H7ClN6/c1-16-4-2-3-6(16)7-8(10)12-5-13-9(7)14-15-11/h2-5H,1H3. The Hall–Kier alpha value is -2.04. The van der Waals surface area contributed by atoms with Crippen LogP contribution in [-0.4, -0.2) is 14.5 Å². The van der Waals surface area contributed by atoms with Gasteiger partial charge in [-0.3, -0.25) is 0 Å². The number of halogens is 1. The van der Waals surface area contributed by atoms with Crippen LogP contribution in [0.1, 0.15) is 0 Å². The van der Waals surface area contributed by atoms with Crippen molar-refractivity contribution in [3.05, 3.63) is 40.3 Å². The molecular formula is C9H7ClN6. The van der Waals surface area contributed by atoms with Crippen LogP contribution < -0.4 is 0 Å². The largest absolute Gasteiger partial charge is 0.350 e. The van der Waals surface area contributed by atoms with E-state index in [-0.39, 0.29) is 11.0 Å². The van der Waals surface area contributed by atoms with E-state index in [0.717, 1.165) is 5.69 Å². The van der Waals surface area contributed by atoms with E-state index in [2.05, 4.69) is 20.0 Å². The summed E-state index contributed by atoms with van der Waals surface area (Å²) in [4.78, 5) is 10.5. The molecule has 80 valence electrons. The summed E-state index contributed by atoms with van der Waals surface area (Å²) in [5.74, 6) is 0.226. The van der Waals surface area contributed by atoms with Gasteiger partial charge in [-0.05, 0) is 22.8 Å². The third kappa shape index (κ3) is 1.71. The van der Waals surface area contributed by atoms with Gasteiger partial charge in [0, 0.05) is 18.2 Å². The van der Waals surface area contributed by atoms with Crippen LogP contribution in [0.4, 0.5) is 5.82 Å². The van der Waals surface area contributed by atoms with E-state index in [9.17, 15) is 0 Å². The predicted molar refractivity (Wildman–Crippen MR) is 60.3 cm³/mol. The summed E-state index contributed by atoms with van der Waals surface area (Å²) in [5.41, 5.74) is 9.79. The maximum atomic E-state index is 8.45. The lowest BCUT2D eigenvalue weighted by atomic mass is 10.2. The van der Waals surface area contributed by atoms with Crippen LogP contribution in [0, 0.1) is 0 Å². The summed E-state index contributed by atoms with van der Waals surface area (Å²) in [6.07, 6.45) is 3.12. The van der Waals surface area contributed by atoms with Gasteiger partial charge in [-0.2, -0.15) is 0 Å². The molecular weight excluding hydrogens is 228 g/mol. The van der Waals surface area contributed by atoms with Gasteiger partial charge in [0.2, 0.25) is 0 Å². The Labute approximate surface area is 96.1 Å². The molecule has 2 aromatic rings. The van der Waals surface area contributed by atoms with Crippen molar-refractivity contribution in [2.75, 3.05) is 0 Å². The van der Waals surface area contributed by atoms with Gasteiger partial charge in [0.1, 0.15) is 17.3 Å². The van der Waals surface area contributed by atoms with E-state index in [0.29, 0.717) is 5.56 Å². The Bertz CT molecular complexity index is 569. The molecule has 2 aromatic heterocycles. The van der Waals surface area contributed by atoms with Crippen LogP contribution in [0.3, 0.4) is 0 Å². The predicted octanol–water partition coefficient (Wildman–Crippen LogP) is 3.08. The van der Waals surface area contributed by atoms with E-state index in [1.54, 1.807) is 0 Å². The molecule has 2 heterocycles. The zero-order valence-electron chi connectivity index (χ0n) is 8.37. The summed E-state index contributed by atoms with van der Waals surface area (Å²) >= 11 is 5.98. The highest BCUT2D eigenvalue weighted by molar-refractivity contribution is 6.32. The SMILES string of the molecule is Cn1cccc1-c1c(Cl)ncnc1N=[N+]=[N-]. The molecule has 0 radical (unpaired) electrons. The van der Waals surface area contributed by atoms with Crippen LogP contribution in [0.5, 0.6) is 0 Å². The second kappa shape index (κ2) is 4.22. The van der Waals surface area contributed by atoms with E-state index < -0.39 is 0 Å². The number of aryl methyl sites for hydroxylation is 1. The van der Waals surface area contributed by atoms with Crippen LogP contribution in [0.25, 0.3) is 21.7 Å². The Morgan fingerprint density at radius 2 is 2.31 bits per heavy atom. The third-order valence-electron chi connectivity index (χ3n) is 2.12.